The molecular formula is C12H7F4NO. The van der Waals surface area contributed by atoms with Crippen molar-refractivity contribution >= 4 is 0 Å². The van der Waals surface area contributed by atoms with E-state index >= 15 is 0 Å². The van der Waals surface area contributed by atoms with Gasteiger partial charge in [-0.25, -0.2) is 4.39 Å². The summed E-state index contributed by atoms with van der Waals surface area (Å²) >= 11 is 0. The molecule has 0 saturated heterocycles. The topological polar surface area (TPSA) is 22.1 Å². The zero-order chi connectivity index (χ0) is 13.2. The van der Waals surface area contributed by atoms with Crippen molar-refractivity contribution in [1.82, 2.24) is 4.98 Å². The van der Waals surface area contributed by atoms with Gasteiger partial charge in [0, 0.05) is 17.3 Å². The molecule has 1 heterocycles. The van der Waals surface area contributed by atoms with Crippen molar-refractivity contribution in [2.75, 3.05) is 0 Å². The highest BCUT2D eigenvalue weighted by molar-refractivity contribution is 5.69. The molecule has 94 valence electrons. The maximum atomic E-state index is 13.0. The standard InChI is InChI=1S/C12H7F4NO/c13-9-5-8(6-17-7-9)10-3-1-2-4-11(10)18-12(14,15)16/h1-7H. The number of nitrogens with zero attached hydrogens (tertiary/aromatic N) is 1. The predicted molar refractivity (Wildman–Crippen MR) is 56.3 cm³/mol. The lowest BCUT2D eigenvalue weighted by molar-refractivity contribution is -0.274. The SMILES string of the molecule is Fc1cncc(-c2ccccc2OC(F)(F)F)c1. The van der Waals surface area contributed by atoms with Gasteiger partial charge in [0.15, 0.2) is 0 Å². The fraction of sp³-hybridized carbons (Fsp3) is 0.0833. The fourth-order valence-electron chi connectivity index (χ4n) is 1.48. The smallest absolute Gasteiger partial charge is 0.405 e. The minimum absolute atomic E-state index is 0.127. The number of hydrogen-bond donors (Lipinski definition) is 0. The molecule has 0 aliphatic carbocycles. The van der Waals surface area contributed by atoms with E-state index in [1.807, 2.05) is 0 Å². The van der Waals surface area contributed by atoms with Gasteiger partial charge in [-0.15, -0.1) is 13.2 Å². The first-order valence-electron chi connectivity index (χ1n) is 4.91. The number of alkyl halides is 3. The highest BCUT2D eigenvalue weighted by atomic mass is 19.4. The average molecular weight is 257 g/mol. The van der Waals surface area contributed by atoms with Crippen LogP contribution in [0.25, 0.3) is 11.1 Å². The number of rotatable bonds is 2. The molecule has 0 bridgehead atoms. The Labute approximate surface area is 99.8 Å². The molecule has 0 radical (unpaired) electrons. The van der Waals surface area contributed by atoms with Gasteiger partial charge in [-0.1, -0.05) is 18.2 Å². The van der Waals surface area contributed by atoms with E-state index in [-0.39, 0.29) is 11.1 Å². The van der Waals surface area contributed by atoms with Crippen LogP contribution in [-0.4, -0.2) is 11.3 Å². The predicted octanol–water partition coefficient (Wildman–Crippen LogP) is 3.79. The molecule has 0 aliphatic rings. The van der Waals surface area contributed by atoms with Crippen LogP contribution in [0.2, 0.25) is 0 Å². The Morgan fingerprint density at radius 3 is 2.44 bits per heavy atom. The molecule has 1 aromatic carbocycles. The van der Waals surface area contributed by atoms with E-state index in [0.717, 1.165) is 18.3 Å². The van der Waals surface area contributed by atoms with Gasteiger partial charge >= 0.3 is 6.36 Å². The Kier molecular flexibility index (Phi) is 3.18. The number of para-hydroxylation sites is 1. The molecule has 0 atom stereocenters. The fourth-order valence-corrected chi connectivity index (χ4v) is 1.48. The molecule has 18 heavy (non-hydrogen) atoms. The highest BCUT2D eigenvalue weighted by Gasteiger charge is 2.32. The molecule has 0 unspecified atom stereocenters. The summed E-state index contributed by atoms with van der Waals surface area (Å²) in [6, 6.07) is 6.58. The molecule has 2 rings (SSSR count). The molecular weight excluding hydrogens is 250 g/mol. The molecule has 2 aromatic rings. The number of pyridine rings is 1. The van der Waals surface area contributed by atoms with Crippen molar-refractivity contribution in [2.24, 2.45) is 0 Å². The van der Waals surface area contributed by atoms with Gasteiger partial charge in [-0.2, -0.15) is 0 Å². The van der Waals surface area contributed by atoms with E-state index in [2.05, 4.69) is 9.72 Å². The van der Waals surface area contributed by atoms with E-state index in [9.17, 15) is 17.6 Å². The Morgan fingerprint density at radius 1 is 1.06 bits per heavy atom. The molecule has 1 aromatic heterocycles. The molecule has 2 nitrogen and oxygen atoms in total. The van der Waals surface area contributed by atoms with Gasteiger partial charge in [0.25, 0.3) is 0 Å². The Bertz CT molecular complexity index is 554. The first kappa shape index (κ1) is 12.3. The van der Waals surface area contributed by atoms with Crippen LogP contribution in [0.5, 0.6) is 5.75 Å². The third-order valence-electron chi connectivity index (χ3n) is 2.13. The summed E-state index contributed by atoms with van der Waals surface area (Å²) in [5.41, 5.74) is 0.344. The van der Waals surface area contributed by atoms with Crippen molar-refractivity contribution in [2.45, 2.75) is 6.36 Å². The van der Waals surface area contributed by atoms with Crippen LogP contribution in [0.4, 0.5) is 17.6 Å². The monoisotopic (exact) mass is 257 g/mol. The zero-order valence-electron chi connectivity index (χ0n) is 8.91. The Hall–Kier alpha value is -2.11. The molecule has 6 heteroatoms. The number of ether oxygens (including phenoxy) is 1. The third kappa shape index (κ3) is 2.97. The largest absolute Gasteiger partial charge is 0.573 e. The van der Waals surface area contributed by atoms with Gasteiger partial charge in [-0.05, 0) is 12.1 Å². The number of halogens is 4. The van der Waals surface area contributed by atoms with Crippen molar-refractivity contribution in [3.05, 3.63) is 48.5 Å². The highest BCUT2D eigenvalue weighted by Crippen LogP contribution is 2.33. The normalized spacial score (nSPS) is 11.3. The van der Waals surface area contributed by atoms with Gasteiger partial charge in [0.05, 0.1) is 6.20 Å². The molecule has 0 saturated carbocycles. The lowest BCUT2D eigenvalue weighted by atomic mass is 10.1. The third-order valence-corrected chi connectivity index (χ3v) is 2.13. The Balaban J connectivity index is 2.45. The minimum atomic E-state index is -4.79. The van der Waals surface area contributed by atoms with E-state index in [1.165, 1.54) is 24.4 Å². The number of hydrogen-bond acceptors (Lipinski definition) is 2. The summed E-state index contributed by atoms with van der Waals surface area (Å²) in [5.74, 6) is -1.02. The molecule has 0 amide bonds. The van der Waals surface area contributed by atoms with Crippen LogP contribution >= 0.6 is 0 Å². The summed E-state index contributed by atoms with van der Waals surface area (Å²) in [7, 11) is 0. The van der Waals surface area contributed by atoms with E-state index in [4.69, 9.17) is 0 Å². The number of benzene rings is 1. The van der Waals surface area contributed by atoms with Crippen LogP contribution in [0.3, 0.4) is 0 Å². The minimum Gasteiger partial charge on any atom is -0.405 e. The first-order valence-corrected chi connectivity index (χ1v) is 4.91. The summed E-state index contributed by atoms with van der Waals surface area (Å²) in [4.78, 5) is 3.59. The van der Waals surface area contributed by atoms with Gasteiger partial charge in [-0.3, -0.25) is 4.98 Å². The first-order chi connectivity index (χ1) is 8.46. The number of aromatic nitrogens is 1. The summed E-state index contributed by atoms with van der Waals surface area (Å²) in [6.07, 6.45) is -2.56. The van der Waals surface area contributed by atoms with Crippen LogP contribution in [-0.2, 0) is 0 Å². The summed E-state index contributed by atoms with van der Waals surface area (Å²) in [5, 5.41) is 0. The molecule has 0 N–H and O–H groups in total. The van der Waals surface area contributed by atoms with Gasteiger partial charge in [0.1, 0.15) is 11.6 Å². The quantitative estimate of drug-likeness (QED) is 0.764. The summed E-state index contributed by atoms with van der Waals surface area (Å²) < 4.78 is 53.5. The zero-order valence-corrected chi connectivity index (χ0v) is 8.91. The second kappa shape index (κ2) is 4.64. The van der Waals surface area contributed by atoms with Gasteiger partial charge in [0.2, 0.25) is 0 Å². The maximum Gasteiger partial charge on any atom is 0.573 e. The second-order valence-electron chi connectivity index (χ2n) is 3.44. The van der Waals surface area contributed by atoms with Crippen LogP contribution in [0.15, 0.2) is 42.7 Å². The van der Waals surface area contributed by atoms with Crippen LogP contribution in [0, 0.1) is 5.82 Å². The average Bonchev–Trinajstić information content (AvgIpc) is 2.27. The van der Waals surface area contributed by atoms with Crippen molar-refractivity contribution in [1.29, 1.82) is 0 Å². The maximum absolute atomic E-state index is 13.0. The molecule has 0 aliphatic heterocycles. The van der Waals surface area contributed by atoms with E-state index in [1.54, 1.807) is 0 Å². The lowest BCUT2D eigenvalue weighted by Crippen LogP contribution is -2.17. The van der Waals surface area contributed by atoms with Crippen molar-refractivity contribution < 1.29 is 22.3 Å². The Morgan fingerprint density at radius 2 is 1.78 bits per heavy atom. The molecule has 0 spiro atoms. The van der Waals surface area contributed by atoms with E-state index in [0.29, 0.717) is 0 Å². The van der Waals surface area contributed by atoms with Crippen molar-refractivity contribution in [3.63, 3.8) is 0 Å². The van der Waals surface area contributed by atoms with Crippen LogP contribution in [0.1, 0.15) is 0 Å². The van der Waals surface area contributed by atoms with E-state index < -0.39 is 17.9 Å². The van der Waals surface area contributed by atoms with Gasteiger partial charge < -0.3 is 4.74 Å². The molecule has 0 fully saturated rings. The lowest BCUT2D eigenvalue weighted by Gasteiger charge is -2.12. The van der Waals surface area contributed by atoms with Crippen LogP contribution < -0.4 is 4.74 Å². The van der Waals surface area contributed by atoms with Crippen molar-refractivity contribution in [3.8, 4) is 16.9 Å². The second-order valence-corrected chi connectivity index (χ2v) is 3.44. The summed E-state index contributed by atoms with van der Waals surface area (Å²) in [6.45, 7) is 0.